The molecule has 0 radical (unpaired) electrons. The zero-order valence-corrected chi connectivity index (χ0v) is 9.39. The molecular weight excluding hydrogens is 254 g/mol. The normalized spacial score (nSPS) is 10.9. The second kappa shape index (κ2) is 4.99. The van der Waals surface area contributed by atoms with Crippen molar-refractivity contribution in [3.63, 3.8) is 0 Å². The lowest BCUT2D eigenvalue weighted by Gasteiger charge is -2.06. The topological polar surface area (TPSA) is 122 Å². The summed E-state index contributed by atoms with van der Waals surface area (Å²) in [5.74, 6) is -1.53. The largest absolute Gasteiger partial charge is 0.507 e. The summed E-state index contributed by atoms with van der Waals surface area (Å²) in [4.78, 5) is 15.7. The van der Waals surface area contributed by atoms with E-state index in [1.54, 1.807) is 0 Å². The number of phenols is 1. The number of aromatic hydroxyl groups is 1. The molecular formula is C8H9NO7S. The van der Waals surface area contributed by atoms with Gasteiger partial charge in [-0.3, -0.25) is 14.2 Å². The third-order valence-corrected chi connectivity index (χ3v) is 2.01. The molecule has 0 spiro atoms. The summed E-state index contributed by atoms with van der Waals surface area (Å²) >= 11 is 0. The van der Waals surface area contributed by atoms with Gasteiger partial charge in [0.05, 0.1) is 12.7 Å². The highest BCUT2D eigenvalue weighted by Crippen LogP contribution is 2.23. The van der Waals surface area contributed by atoms with Crippen molar-refractivity contribution in [3.05, 3.63) is 23.8 Å². The third-order valence-electron chi connectivity index (χ3n) is 1.61. The molecule has 0 aromatic heterocycles. The van der Waals surface area contributed by atoms with E-state index in [0.29, 0.717) is 0 Å². The van der Waals surface area contributed by atoms with Crippen LogP contribution < -0.4 is 9.66 Å². The molecule has 0 heterocycles. The minimum atomic E-state index is -4.69. The van der Waals surface area contributed by atoms with Gasteiger partial charge in [-0.15, -0.1) is 0 Å². The highest BCUT2D eigenvalue weighted by Gasteiger charge is 2.14. The van der Waals surface area contributed by atoms with Gasteiger partial charge in [-0.2, -0.15) is 8.42 Å². The Morgan fingerprint density at radius 3 is 2.59 bits per heavy atom. The van der Waals surface area contributed by atoms with Gasteiger partial charge in [0.15, 0.2) is 0 Å². The molecule has 9 heteroatoms. The Bertz CT molecular complexity index is 525. The third kappa shape index (κ3) is 3.90. The highest BCUT2D eigenvalue weighted by molar-refractivity contribution is 7.81. The summed E-state index contributed by atoms with van der Waals surface area (Å²) in [6.45, 7) is 0. The van der Waals surface area contributed by atoms with Crippen LogP contribution in [0.3, 0.4) is 0 Å². The Balaban J connectivity index is 3.06. The van der Waals surface area contributed by atoms with Crippen molar-refractivity contribution in [1.29, 1.82) is 0 Å². The fourth-order valence-corrected chi connectivity index (χ4v) is 1.37. The van der Waals surface area contributed by atoms with Crippen molar-refractivity contribution >= 4 is 16.3 Å². The number of amides is 1. The first-order valence-corrected chi connectivity index (χ1v) is 5.53. The number of hydroxylamine groups is 1. The Kier molecular flexibility index (Phi) is 3.89. The molecule has 0 aliphatic carbocycles. The molecule has 0 unspecified atom stereocenters. The molecule has 1 aromatic rings. The molecule has 0 atom stereocenters. The Morgan fingerprint density at radius 1 is 1.41 bits per heavy atom. The Morgan fingerprint density at radius 2 is 2.06 bits per heavy atom. The number of carbonyl (C=O) groups is 1. The summed E-state index contributed by atoms with van der Waals surface area (Å²) in [7, 11) is -3.50. The number of hydrogen-bond acceptors (Lipinski definition) is 6. The van der Waals surface area contributed by atoms with E-state index in [9.17, 15) is 18.3 Å². The lowest BCUT2D eigenvalue weighted by atomic mass is 10.2. The van der Waals surface area contributed by atoms with Gasteiger partial charge in [0.1, 0.15) is 11.5 Å². The molecule has 1 rings (SSSR count). The fraction of sp³-hybridized carbons (Fsp3) is 0.125. The maximum Gasteiger partial charge on any atom is 0.446 e. The number of phenolic OH excluding ortho intramolecular Hbond substituents is 1. The van der Waals surface area contributed by atoms with E-state index in [4.69, 9.17) is 4.55 Å². The van der Waals surface area contributed by atoms with E-state index >= 15 is 0 Å². The van der Waals surface area contributed by atoms with Gasteiger partial charge in [0, 0.05) is 0 Å². The first-order chi connectivity index (χ1) is 7.83. The van der Waals surface area contributed by atoms with E-state index in [1.807, 2.05) is 5.48 Å². The van der Waals surface area contributed by atoms with Crippen molar-refractivity contribution < 1.29 is 31.9 Å². The molecule has 1 aromatic carbocycles. The monoisotopic (exact) mass is 263 g/mol. The number of hydrogen-bond donors (Lipinski definition) is 3. The fourth-order valence-electron chi connectivity index (χ4n) is 1.02. The molecule has 8 nitrogen and oxygen atoms in total. The lowest BCUT2D eigenvalue weighted by Crippen LogP contribution is -2.22. The van der Waals surface area contributed by atoms with Gasteiger partial charge in [-0.25, -0.2) is 5.48 Å². The van der Waals surface area contributed by atoms with E-state index in [-0.39, 0.29) is 11.3 Å². The maximum atomic E-state index is 11.3. The molecule has 1 amide bonds. The standard InChI is InChI=1S/C8H9NO7S/c1-15-9-8(11)6-4-5(2-3-7(6)10)16-17(12,13)14/h2-4,10H,1H3,(H,9,11)(H,12,13,14). The van der Waals surface area contributed by atoms with Gasteiger partial charge in [-0.05, 0) is 18.2 Å². The van der Waals surface area contributed by atoms with E-state index in [2.05, 4.69) is 9.02 Å². The summed E-state index contributed by atoms with van der Waals surface area (Å²) < 4.78 is 33.4. The van der Waals surface area contributed by atoms with E-state index in [1.165, 1.54) is 7.11 Å². The zero-order valence-electron chi connectivity index (χ0n) is 8.58. The molecule has 0 fully saturated rings. The number of benzene rings is 1. The quantitative estimate of drug-likeness (QED) is 0.510. The van der Waals surface area contributed by atoms with Crippen LogP contribution in [-0.4, -0.2) is 31.1 Å². The lowest BCUT2D eigenvalue weighted by molar-refractivity contribution is 0.0534. The molecule has 0 saturated carbocycles. The van der Waals surface area contributed by atoms with Crippen LogP contribution in [-0.2, 0) is 15.2 Å². The van der Waals surface area contributed by atoms with Crippen LogP contribution in [0.15, 0.2) is 18.2 Å². The van der Waals surface area contributed by atoms with Crippen molar-refractivity contribution in [2.24, 2.45) is 0 Å². The van der Waals surface area contributed by atoms with Crippen molar-refractivity contribution in [1.82, 2.24) is 5.48 Å². The number of rotatable bonds is 4. The van der Waals surface area contributed by atoms with Crippen LogP contribution in [0.4, 0.5) is 0 Å². The van der Waals surface area contributed by atoms with Crippen LogP contribution in [0.25, 0.3) is 0 Å². The minimum Gasteiger partial charge on any atom is -0.507 e. The minimum absolute atomic E-state index is 0.270. The van der Waals surface area contributed by atoms with E-state index in [0.717, 1.165) is 18.2 Å². The summed E-state index contributed by atoms with van der Waals surface area (Å²) in [6, 6.07) is 3.02. The summed E-state index contributed by atoms with van der Waals surface area (Å²) in [5, 5.41) is 9.35. The first kappa shape index (κ1) is 13.2. The van der Waals surface area contributed by atoms with Crippen LogP contribution in [0.5, 0.6) is 11.5 Å². The van der Waals surface area contributed by atoms with Crippen molar-refractivity contribution in [2.45, 2.75) is 0 Å². The predicted octanol–water partition coefficient (Wildman–Crippen LogP) is -0.135. The zero-order chi connectivity index (χ0) is 13.1. The molecule has 0 aliphatic heterocycles. The smallest absolute Gasteiger partial charge is 0.446 e. The predicted molar refractivity (Wildman–Crippen MR) is 54.8 cm³/mol. The van der Waals surface area contributed by atoms with Crippen molar-refractivity contribution in [2.75, 3.05) is 7.11 Å². The van der Waals surface area contributed by atoms with Gasteiger partial charge in [-0.1, -0.05) is 0 Å². The highest BCUT2D eigenvalue weighted by atomic mass is 32.3. The number of nitrogens with one attached hydrogen (secondary N) is 1. The Labute approximate surface area is 96.7 Å². The van der Waals surface area contributed by atoms with Crippen molar-refractivity contribution in [3.8, 4) is 11.5 Å². The molecule has 0 bridgehead atoms. The van der Waals surface area contributed by atoms with Gasteiger partial charge in [0.2, 0.25) is 0 Å². The number of carbonyl (C=O) groups excluding carboxylic acids is 1. The average Bonchev–Trinajstić information content (AvgIpc) is 2.19. The Hall–Kier alpha value is -1.84. The van der Waals surface area contributed by atoms with Gasteiger partial charge >= 0.3 is 10.4 Å². The molecule has 94 valence electrons. The van der Waals surface area contributed by atoms with Gasteiger partial charge in [0.25, 0.3) is 5.91 Å². The molecule has 17 heavy (non-hydrogen) atoms. The van der Waals surface area contributed by atoms with E-state index < -0.39 is 22.1 Å². The van der Waals surface area contributed by atoms with Crippen LogP contribution in [0, 0.1) is 0 Å². The van der Waals surface area contributed by atoms with Crippen LogP contribution in [0.1, 0.15) is 10.4 Å². The van der Waals surface area contributed by atoms with Gasteiger partial charge < -0.3 is 9.29 Å². The van der Waals surface area contributed by atoms with Crippen LogP contribution in [0.2, 0.25) is 0 Å². The molecule has 0 aliphatic rings. The average molecular weight is 263 g/mol. The second-order valence-corrected chi connectivity index (χ2v) is 3.85. The van der Waals surface area contributed by atoms with Crippen LogP contribution >= 0.6 is 0 Å². The summed E-state index contributed by atoms with van der Waals surface area (Å²) in [6.07, 6.45) is 0. The summed E-state index contributed by atoms with van der Waals surface area (Å²) in [5.41, 5.74) is 1.66. The molecule has 0 saturated heterocycles. The second-order valence-electron chi connectivity index (χ2n) is 2.83. The molecule has 3 N–H and O–H groups in total. The maximum absolute atomic E-state index is 11.3. The SMILES string of the molecule is CONC(=O)c1cc(OS(=O)(=O)O)ccc1O. The first-order valence-electron chi connectivity index (χ1n) is 4.16.